The molecule has 3 unspecified atom stereocenters. The van der Waals surface area contributed by atoms with Crippen molar-refractivity contribution in [2.45, 2.75) is 57.5 Å². The molecule has 1 amide bonds. The van der Waals surface area contributed by atoms with E-state index in [1.807, 2.05) is 36.1 Å². The molecule has 0 spiro atoms. The Balaban J connectivity index is 1.79. The van der Waals surface area contributed by atoms with Crippen molar-refractivity contribution in [2.75, 3.05) is 0 Å². The van der Waals surface area contributed by atoms with Crippen LogP contribution in [-0.4, -0.2) is 27.9 Å². The van der Waals surface area contributed by atoms with Gasteiger partial charge in [-0.3, -0.25) is 9.59 Å². The van der Waals surface area contributed by atoms with E-state index in [1.54, 1.807) is 0 Å². The van der Waals surface area contributed by atoms with Crippen LogP contribution in [0.25, 0.3) is 0 Å². The molecule has 0 saturated heterocycles. The lowest BCUT2D eigenvalue weighted by Crippen LogP contribution is -2.42. The summed E-state index contributed by atoms with van der Waals surface area (Å²) in [6, 6.07) is 7.84. The van der Waals surface area contributed by atoms with Gasteiger partial charge in [-0.15, -0.1) is 0 Å². The molecule has 0 heterocycles. The molecule has 3 atom stereocenters. The lowest BCUT2D eigenvalue weighted by Gasteiger charge is -2.35. The van der Waals surface area contributed by atoms with Crippen LogP contribution in [0.5, 0.6) is 0 Å². The highest BCUT2D eigenvalue weighted by Crippen LogP contribution is 2.40. The maximum Gasteiger partial charge on any atom is 0.306 e. The molecule has 2 aliphatic rings. The van der Waals surface area contributed by atoms with E-state index in [2.05, 4.69) is 0 Å². The highest BCUT2D eigenvalue weighted by molar-refractivity contribution is 6.31. The van der Waals surface area contributed by atoms with Crippen LogP contribution in [0.4, 0.5) is 0 Å². The average Bonchev–Trinajstić information content (AvgIpc) is 3.40. The quantitative estimate of drug-likeness (QED) is 0.863. The van der Waals surface area contributed by atoms with Crippen LogP contribution in [-0.2, 0) is 9.59 Å². The van der Waals surface area contributed by atoms with Crippen molar-refractivity contribution >= 4 is 23.5 Å². The SMILES string of the molecule is CC(c1ccccc1Cl)N(C(=O)C1CCCC(C(=O)O)C1)C1CC1. The van der Waals surface area contributed by atoms with Crippen LogP contribution in [0.1, 0.15) is 57.1 Å². The minimum atomic E-state index is -0.773. The zero-order valence-corrected chi connectivity index (χ0v) is 14.7. The number of rotatable bonds is 5. The number of carbonyl (C=O) groups is 2. The van der Waals surface area contributed by atoms with E-state index in [4.69, 9.17) is 11.6 Å². The molecular formula is C19H24ClNO3. The molecule has 0 radical (unpaired) electrons. The van der Waals surface area contributed by atoms with Gasteiger partial charge in [-0.2, -0.15) is 0 Å². The second-order valence-corrected chi connectivity index (χ2v) is 7.48. The Morgan fingerprint density at radius 1 is 1.17 bits per heavy atom. The molecule has 0 aliphatic heterocycles. The standard InChI is InChI=1S/C19H24ClNO3/c1-12(16-7-2-3-8-17(16)20)21(15-9-10-15)18(22)13-5-4-6-14(11-13)19(23)24/h2-3,7-8,12-15H,4-6,9-11H2,1H3,(H,23,24). The fourth-order valence-corrected chi connectivity index (χ4v) is 4.15. The lowest BCUT2D eigenvalue weighted by molar-refractivity contribution is -0.146. The van der Waals surface area contributed by atoms with E-state index in [9.17, 15) is 14.7 Å². The number of benzene rings is 1. The van der Waals surface area contributed by atoms with Gasteiger partial charge in [0.25, 0.3) is 0 Å². The Morgan fingerprint density at radius 2 is 1.83 bits per heavy atom. The number of carboxylic acids is 1. The van der Waals surface area contributed by atoms with Gasteiger partial charge in [0.2, 0.25) is 5.91 Å². The van der Waals surface area contributed by atoms with E-state index >= 15 is 0 Å². The smallest absolute Gasteiger partial charge is 0.306 e. The minimum Gasteiger partial charge on any atom is -0.481 e. The Hall–Kier alpha value is -1.55. The van der Waals surface area contributed by atoms with Gasteiger partial charge < -0.3 is 10.0 Å². The molecule has 1 aromatic carbocycles. The van der Waals surface area contributed by atoms with Crippen LogP contribution in [0.15, 0.2) is 24.3 Å². The Bertz CT molecular complexity index is 629. The number of hydrogen-bond donors (Lipinski definition) is 1. The molecule has 3 rings (SSSR count). The first-order valence-electron chi connectivity index (χ1n) is 8.78. The fraction of sp³-hybridized carbons (Fsp3) is 0.579. The summed E-state index contributed by atoms with van der Waals surface area (Å²) in [7, 11) is 0. The third-order valence-electron chi connectivity index (χ3n) is 5.34. The molecule has 4 nitrogen and oxygen atoms in total. The molecule has 130 valence electrons. The molecule has 2 saturated carbocycles. The summed E-state index contributed by atoms with van der Waals surface area (Å²) >= 11 is 6.33. The van der Waals surface area contributed by atoms with Crippen molar-refractivity contribution in [2.24, 2.45) is 11.8 Å². The highest BCUT2D eigenvalue weighted by atomic mass is 35.5. The molecule has 1 N–H and O–H groups in total. The summed E-state index contributed by atoms with van der Waals surface area (Å²) in [5.41, 5.74) is 0.963. The predicted molar refractivity (Wildman–Crippen MR) is 92.8 cm³/mol. The third-order valence-corrected chi connectivity index (χ3v) is 5.68. The van der Waals surface area contributed by atoms with Crippen molar-refractivity contribution in [3.05, 3.63) is 34.9 Å². The fourth-order valence-electron chi connectivity index (χ4n) is 3.85. The number of hydrogen-bond acceptors (Lipinski definition) is 2. The van der Waals surface area contributed by atoms with Gasteiger partial charge in [-0.05, 0) is 50.7 Å². The van der Waals surface area contributed by atoms with Gasteiger partial charge in [0.05, 0.1) is 12.0 Å². The molecule has 0 bridgehead atoms. The van der Waals surface area contributed by atoms with E-state index in [0.717, 1.165) is 31.2 Å². The molecule has 1 aromatic rings. The maximum atomic E-state index is 13.2. The van der Waals surface area contributed by atoms with Gasteiger partial charge in [0.1, 0.15) is 0 Å². The number of halogens is 1. The molecule has 2 aliphatic carbocycles. The maximum absolute atomic E-state index is 13.2. The van der Waals surface area contributed by atoms with Gasteiger partial charge in [-0.1, -0.05) is 36.2 Å². The van der Waals surface area contributed by atoms with E-state index in [-0.39, 0.29) is 29.8 Å². The predicted octanol–water partition coefficient (Wildman–Crippen LogP) is 4.28. The molecule has 2 fully saturated rings. The monoisotopic (exact) mass is 349 g/mol. The number of carboxylic acid groups (broad SMARTS) is 1. The van der Waals surface area contributed by atoms with E-state index in [1.165, 1.54) is 0 Å². The van der Waals surface area contributed by atoms with Crippen molar-refractivity contribution in [3.63, 3.8) is 0 Å². The van der Waals surface area contributed by atoms with E-state index < -0.39 is 5.97 Å². The summed E-state index contributed by atoms with van der Waals surface area (Å²) < 4.78 is 0. The van der Waals surface area contributed by atoms with Crippen molar-refractivity contribution in [3.8, 4) is 0 Å². The normalized spacial score (nSPS) is 25.1. The summed E-state index contributed by atoms with van der Waals surface area (Å²) in [5, 5.41) is 9.96. The second kappa shape index (κ2) is 7.14. The molecular weight excluding hydrogens is 326 g/mol. The van der Waals surface area contributed by atoms with Crippen LogP contribution >= 0.6 is 11.6 Å². The van der Waals surface area contributed by atoms with Crippen molar-refractivity contribution < 1.29 is 14.7 Å². The Morgan fingerprint density at radius 3 is 2.46 bits per heavy atom. The lowest BCUT2D eigenvalue weighted by atomic mass is 9.80. The zero-order chi connectivity index (χ0) is 17.3. The zero-order valence-electron chi connectivity index (χ0n) is 14.0. The summed E-state index contributed by atoms with van der Waals surface area (Å²) in [6.45, 7) is 2.02. The summed E-state index contributed by atoms with van der Waals surface area (Å²) in [4.78, 5) is 26.4. The Labute approximate surface area is 147 Å². The van der Waals surface area contributed by atoms with Gasteiger partial charge in [0, 0.05) is 17.0 Å². The third kappa shape index (κ3) is 3.59. The second-order valence-electron chi connectivity index (χ2n) is 7.07. The summed E-state index contributed by atoms with van der Waals surface area (Å²) in [5.74, 6) is -1.23. The first kappa shape index (κ1) is 17.3. The first-order valence-corrected chi connectivity index (χ1v) is 9.16. The number of nitrogens with zero attached hydrogens (tertiary/aromatic N) is 1. The van der Waals surface area contributed by atoms with Gasteiger partial charge in [-0.25, -0.2) is 0 Å². The largest absolute Gasteiger partial charge is 0.481 e. The first-order chi connectivity index (χ1) is 11.5. The van der Waals surface area contributed by atoms with Crippen molar-refractivity contribution in [1.29, 1.82) is 0 Å². The Kier molecular flexibility index (Phi) is 5.14. The van der Waals surface area contributed by atoms with E-state index in [0.29, 0.717) is 17.9 Å². The van der Waals surface area contributed by atoms with Crippen LogP contribution < -0.4 is 0 Å². The van der Waals surface area contributed by atoms with Crippen LogP contribution in [0.2, 0.25) is 5.02 Å². The number of carbonyl (C=O) groups excluding carboxylic acids is 1. The van der Waals surface area contributed by atoms with Gasteiger partial charge >= 0.3 is 5.97 Å². The number of aliphatic carboxylic acids is 1. The van der Waals surface area contributed by atoms with Crippen LogP contribution in [0.3, 0.4) is 0 Å². The molecule has 0 aromatic heterocycles. The average molecular weight is 350 g/mol. The summed E-state index contributed by atoms with van der Waals surface area (Å²) in [6.07, 6.45) is 4.80. The van der Waals surface area contributed by atoms with Crippen molar-refractivity contribution in [1.82, 2.24) is 4.90 Å². The highest BCUT2D eigenvalue weighted by Gasteiger charge is 2.41. The minimum absolute atomic E-state index is 0.0797. The molecule has 24 heavy (non-hydrogen) atoms. The van der Waals surface area contributed by atoms with Crippen LogP contribution in [0, 0.1) is 11.8 Å². The van der Waals surface area contributed by atoms with Gasteiger partial charge in [0.15, 0.2) is 0 Å². The number of amides is 1. The molecule has 5 heteroatoms. The topological polar surface area (TPSA) is 57.6 Å².